The molecule has 4 atom stereocenters. The molecule has 0 N–H and O–H groups in total. The number of aryl methyl sites for hydroxylation is 2. The minimum atomic E-state index is 0.327. The average molecular weight is 370 g/mol. The van der Waals surface area contributed by atoms with Gasteiger partial charge in [0.2, 0.25) is 0 Å². The summed E-state index contributed by atoms with van der Waals surface area (Å²) in [6.45, 7) is 6.38. The van der Waals surface area contributed by atoms with Gasteiger partial charge in [-0.05, 0) is 50.4 Å². The normalized spacial score (nSPS) is 31.3. The van der Waals surface area contributed by atoms with Gasteiger partial charge in [-0.1, -0.05) is 0 Å². The largest absolute Gasteiger partial charge is 0.376 e. The van der Waals surface area contributed by atoms with Gasteiger partial charge in [0.15, 0.2) is 0 Å². The Labute approximate surface area is 161 Å². The highest BCUT2D eigenvalue weighted by molar-refractivity contribution is 5.02. The molecule has 5 rings (SSSR count). The summed E-state index contributed by atoms with van der Waals surface area (Å²) in [7, 11) is 2.09. The lowest BCUT2D eigenvalue weighted by Gasteiger charge is -2.39. The molecule has 1 aliphatic heterocycles. The van der Waals surface area contributed by atoms with Crippen LogP contribution in [0.3, 0.4) is 0 Å². The number of likely N-dealkylation sites (tertiary alicyclic amines) is 1. The van der Waals surface area contributed by atoms with Gasteiger partial charge in [-0.2, -0.15) is 0 Å². The number of rotatable bonds is 6. The summed E-state index contributed by atoms with van der Waals surface area (Å²) in [6.07, 6.45) is 13.4. The Morgan fingerprint density at radius 3 is 2.52 bits per heavy atom. The third kappa shape index (κ3) is 3.57. The van der Waals surface area contributed by atoms with Gasteiger partial charge in [-0.25, -0.2) is 9.97 Å². The van der Waals surface area contributed by atoms with Gasteiger partial charge in [0.05, 0.1) is 18.7 Å². The van der Waals surface area contributed by atoms with Gasteiger partial charge >= 0.3 is 0 Å². The zero-order valence-electron chi connectivity index (χ0n) is 16.5. The number of fused-ring (bicyclic) bond motifs is 1. The standard InChI is InChI=1S/C21H31N5O/c1-15-22-6-8-26(15)19-9-17-11-25(13-21-23-5-7-24(21)2)12-18(17)10-20(19)27-14-16-3-4-16/h5-8,16-20H,3-4,9-14H2,1-2H3/t17-,18+,19-,20-/m0/s1. The van der Waals surface area contributed by atoms with Crippen molar-refractivity contribution in [1.29, 1.82) is 0 Å². The molecule has 0 amide bonds. The molecule has 0 radical (unpaired) electrons. The fourth-order valence-electron chi connectivity index (χ4n) is 5.12. The molecule has 1 saturated heterocycles. The van der Waals surface area contributed by atoms with Gasteiger partial charge in [-0.15, -0.1) is 0 Å². The lowest BCUT2D eigenvalue weighted by molar-refractivity contribution is -0.0343. The van der Waals surface area contributed by atoms with Crippen LogP contribution in [0.4, 0.5) is 0 Å². The third-order valence-electron chi connectivity index (χ3n) is 6.91. The van der Waals surface area contributed by atoms with Gasteiger partial charge in [0, 0.05) is 51.5 Å². The van der Waals surface area contributed by atoms with E-state index in [-0.39, 0.29) is 0 Å². The average Bonchev–Trinajstić information content (AvgIpc) is 3.03. The Bertz CT molecular complexity index is 779. The summed E-state index contributed by atoms with van der Waals surface area (Å²) in [5.74, 6) is 4.58. The molecule has 6 heteroatoms. The summed E-state index contributed by atoms with van der Waals surface area (Å²) < 4.78 is 11.0. The molecule has 0 spiro atoms. The van der Waals surface area contributed by atoms with Crippen molar-refractivity contribution in [2.75, 3.05) is 19.7 Å². The van der Waals surface area contributed by atoms with Crippen molar-refractivity contribution in [2.45, 2.75) is 51.3 Å². The first-order valence-corrected chi connectivity index (χ1v) is 10.5. The van der Waals surface area contributed by atoms with E-state index in [0.29, 0.717) is 12.1 Å². The van der Waals surface area contributed by atoms with Crippen molar-refractivity contribution in [3.8, 4) is 0 Å². The molecule has 0 bridgehead atoms. The third-order valence-corrected chi connectivity index (χ3v) is 6.91. The highest BCUT2D eigenvalue weighted by Gasteiger charge is 2.44. The van der Waals surface area contributed by atoms with Crippen LogP contribution < -0.4 is 0 Å². The molecule has 2 aliphatic carbocycles. The molecule has 0 unspecified atom stereocenters. The van der Waals surface area contributed by atoms with E-state index in [9.17, 15) is 0 Å². The van der Waals surface area contributed by atoms with Crippen LogP contribution in [-0.4, -0.2) is 49.8 Å². The fourth-order valence-corrected chi connectivity index (χ4v) is 5.12. The Balaban J connectivity index is 1.30. The first kappa shape index (κ1) is 17.4. The molecule has 2 saturated carbocycles. The smallest absolute Gasteiger partial charge is 0.122 e. The van der Waals surface area contributed by atoms with Crippen molar-refractivity contribution in [1.82, 2.24) is 24.0 Å². The van der Waals surface area contributed by atoms with Gasteiger partial charge in [0.25, 0.3) is 0 Å². The Morgan fingerprint density at radius 2 is 1.85 bits per heavy atom. The molecule has 2 aromatic heterocycles. The van der Waals surface area contributed by atoms with Crippen molar-refractivity contribution in [3.63, 3.8) is 0 Å². The summed E-state index contributed by atoms with van der Waals surface area (Å²) in [5, 5.41) is 0. The Kier molecular flexibility index (Phi) is 4.56. The van der Waals surface area contributed by atoms with Crippen molar-refractivity contribution < 1.29 is 4.74 Å². The van der Waals surface area contributed by atoms with Gasteiger partial charge in [0.1, 0.15) is 11.6 Å². The molecular weight excluding hydrogens is 338 g/mol. The van der Waals surface area contributed by atoms with E-state index in [4.69, 9.17) is 4.74 Å². The second-order valence-electron chi connectivity index (χ2n) is 8.90. The lowest BCUT2D eigenvalue weighted by atomic mass is 9.77. The van der Waals surface area contributed by atoms with Crippen LogP contribution in [0.15, 0.2) is 24.8 Å². The van der Waals surface area contributed by atoms with E-state index >= 15 is 0 Å². The number of ether oxygens (including phenoxy) is 1. The first-order valence-electron chi connectivity index (χ1n) is 10.5. The molecule has 3 fully saturated rings. The van der Waals surface area contributed by atoms with E-state index in [1.54, 1.807) is 0 Å². The molecule has 6 nitrogen and oxygen atoms in total. The SMILES string of the molecule is Cc1nccn1[C@H]1C[C@H]2CN(Cc3nccn3C)C[C@H]2C[C@@H]1OCC1CC1. The first-order chi connectivity index (χ1) is 13.2. The van der Waals surface area contributed by atoms with Crippen molar-refractivity contribution in [2.24, 2.45) is 24.8 Å². The number of hydrogen-bond acceptors (Lipinski definition) is 4. The Morgan fingerprint density at radius 1 is 1.07 bits per heavy atom. The summed E-state index contributed by atoms with van der Waals surface area (Å²) in [5.41, 5.74) is 0. The minimum absolute atomic E-state index is 0.327. The second-order valence-corrected chi connectivity index (χ2v) is 8.90. The van der Waals surface area contributed by atoms with Crippen LogP contribution in [-0.2, 0) is 18.3 Å². The number of aromatic nitrogens is 4. The quantitative estimate of drug-likeness (QED) is 0.786. The van der Waals surface area contributed by atoms with Crippen LogP contribution >= 0.6 is 0 Å². The predicted molar refractivity (Wildman–Crippen MR) is 103 cm³/mol. The predicted octanol–water partition coefficient (Wildman–Crippen LogP) is 2.80. The van der Waals surface area contributed by atoms with Crippen molar-refractivity contribution >= 4 is 0 Å². The zero-order chi connectivity index (χ0) is 18.4. The summed E-state index contributed by atoms with van der Waals surface area (Å²) in [6, 6.07) is 0.431. The van der Waals surface area contributed by atoms with Crippen LogP contribution in [0.5, 0.6) is 0 Å². The fraction of sp³-hybridized carbons (Fsp3) is 0.714. The highest BCUT2D eigenvalue weighted by atomic mass is 16.5. The monoisotopic (exact) mass is 369 g/mol. The topological polar surface area (TPSA) is 48.1 Å². The maximum absolute atomic E-state index is 6.48. The van der Waals surface area contributed by atoms with E-state index in [2.05, 4.69) is 44.2 Å². The Hall–Kier alpha value is -1.66. The molecule has 3 heterocycles. The van der Waals surface area contributed by atoms with E-state index < -0.39 is 0 Å². The van der Waals surface area contributed by atoms with Crippen LogP contribution in [0.1, 0.15) is 43.4 Å². The molecule has 27 heavy (non-hydrogen) atoms. The number of imidazole rings is 2. The molecule has 146 valence electrons. The van der Waals surface area contributed by atoms with Gasteiger partial charge in [-0.3, -0.25) is 4.90 Å². The van der Waals surface area contributed by atoms with E-state index in [1.807, 2.05) is 18.6 Å². The van der Waals surface area contributed by atoms with Crippen LogP contribution in [0.2, 0.25) is 0 Å². The lowest BCUT2D eigenvalue weighted by Crippen LogP contribution is -2.38. The minimum Gasteiger partial charge on any atom is -0.376 e. The van der Waals surface area contributed by atoms with Crippen molar-refractivity contribution in [3.05, 3.63) is 36.4 Å². The number of nitrogens with zero attached hydrogens (tertiary/aromatic N) is 5. The van der Waals surface area contributed by atoms with Crippen LogP contribution in [0, 0.1) is 24.7 Å². The maximum atomic E-state index is 6.48. The summed E-state index contributed by atoms with van der Waals surface area (Å²) in [4.78, 5) is 11.6. The highest BCUT2D eigenvalue weighted by Crippen LogP contribution is 2.44. The second kappa shape index (κ2) is 7.06. The molecule has 3 aliphatic rings. The zero-order valence-corrected chi connectivity index (χ0v) is 16.5. The molecular formula is C21H31N5O. The summed E-state index contributed by atoms with van der Waals surface area (Å²) >= 11 is 0. The molecule has 0 aromatic carbocycles. The van der Waals surface area contributed by atoms with E-state index in [1.165, 1.54) is 38.8 Å². The van der Waals surface area contributed by atoms with Gasteiger partial charge < -0.3 is 13.9 Å². The molecule has 2 aromatic rings. The number of hydrogen-bond donors (Lipinski definition) is 0. The maximum Gasteiger partial charge on any atom is 0.122 e. The van der Waals surface area contributed by atoms with Crippen LogP contribution in [0.25, 0.3) is 0 Å². The van der Waals surface area contributed by atoms with E-state index in [0.717, 1.165) is 42.6 Å².